The summed E-state index contributed by atoms with van der Waals surface area (Å²) in [4.78, 5) is 3.63. The minimum absolute atomic E-state index is 0.248. The van der Waals surface area contributed by atoms with Crippen LogP contribution in [0.3, 0.4) is 0 Å². The van der Waals surface area contributed by atoms with Crippen molar-refractivity contribution in [3.63, 3.8) is 0 Å². The molecule has 0 spiro atoms. The van der Waals surface area contributed by atoms with E-state index in [-0.39, 0.29) is 6.04 Å². The van der Waals surface area contributed by atoms with Gasteiger partial charge in [-0.3, -0.25) is 4.90 Å². The molecule has 1 aliphatic heterocycles. The summed E-state index contributed by atoms with van der Waals surface area (Å²) in [5.41, 5.74) is 0. The molecule has 1 unspecified atom stereocenters. The Kier molecular flexibility index (Phi) is 6.19. The van der Waals surface area contributed by atoms with Crippen molar-refractivity contribution in [2.75, 3.05) is 26.2 Å². The lowest BCUT2D eigenvalue weighted by Crippen LogP contribution is -2.40. The van der Waals surface area contributed by atoms with Crippen molar-refractivity contribution in [1.29, 1.82) is 0 Å². The highest BCUT2D eigenvalue weighted by molar-refractivity contribution is 7.89. The van der Waals surface area contributed by atoms with Crippen molar-refractivity contribution in [2.45, 2.75) is 44.2 Å². The molecule has 0 saturated carbocycles. The quantitative estimate of drug-likeness (QED) is 0.760. The van der Waals surface area contributed by atoms with Crippen molar-refractivity contribution >= 4 is 21.4 Å². The lowest BCUT2D eigenvalue weighted by Gasteiger charge is -2.23. The monoisotopic (exact) mass is 331 g/mol. The first-order valence-electron chi connectivity index (χ1n) is 7.55. The van der Waals surface area contributed by atoms with E-state index in [0.717, 1.165) is 24.5 Å². The van der Waals surface area contributed by atoms with Gasteiger partial charge in [-0.1, -0.05) is 6.92 Å². The zero-order valence-corrected chi connectivity index (χ0v) is 14.4. The Bertz CT molecular complexity index is 536. The molecular weight excluding hydrogens is 306 g/mol. The Morgan fingerprint density at radius 3 is 2.76 bits per heavy atom. The van der Waals surface area contributed by atoms with E-state index < -0.39 is 10.0 Å². The Labute approximate surface area is 131 Å². The molecule has 5 nitrogen and oxygen atoms in total. The lowest BCUT2D eigenvalue weighted by molar-refractivity contribution is 0.260. The molecule has 2 N–H and O–H groups in total. The second-order valence-electron chi connectivity index (χ2n) is 5.43. The molecule has 0 radical (unpaired) electrons. The van der Waals surface area contributed by atoms with Gasteiger partial charge >= 0.3 is 0 Å². The third kappa shape index (κ3) is 4.50. The molecule has 1 fully saturated rings. The Morgan fingerprint density at radius 2 is 2.10 bits per heavy atom. The van der Waals surface area contributed by atoms with Crippen LogP contribution in [-0.2, 0) is 16.6 Å². The average molecular weight is 332 g/mol. The van der Waals surface area contributed by atoms with Crippen molar-refractivity contribution in [3.8, 4) is 0 Å². The molecule has 1 saturated heterocycles. The fourth-order valence-corrected chi connectivity index (χ4v) is 5.09. The summed E-state index contributed by atoms with van der Waals surface area (Å²) in [6.45, 7) is 8.15. The Balaban J connectivity index is 1.96. The molecule has 0 aliphatic carbocycles. The molecule has 120 valence electrons. The van der Waals surface area contributed by atoms with Gasteiger partial charge in [-0.05, 0) is 50.8 Å². The number of nitrogens with one attached hydrogen (secondary N) is 2. The second kappa shape index (κ2) is 7.69. The topological polar surface area (TPSA) is 61.4 Å². The van der Waals surface area contributed by atoms with Crippen molar-refractivity contribution in [3.05, 3.63) is 16.3 Å². The molecule has 2 heterocycles. The molecule has 7 heteroatoms. The summed E-state index contributed by atoms with van der Waals surface area (Å²) in [6, 6.07) is 1.94. The number of nitrogens with zero attached hydrogens (tertiary/aromatic N) is 1. The van der Waals surface area contributed by atoms with Gasteiger partial charge in [-0.2, -0.15) is 0 Å². The molecule has 2 rings (SSSR count). The highest BCUT2D eigenvalue weighted by Crippen LogP contribution is 2.22. The number of thiophene rings is 1. The predicted molar refractivity (Wildman–Crippen MR) is 87.2 cm³/mol. The number of sulfonamides is 1. The lowest BCUT2D eigenvalue weighted by atomic mass is 10.3. The van der Waals surface area contributed by atoms with Crippen molar-refractivity contribution < 1.29 is 8.42 Å². The normalized spacial score (nSPS) is 18.2. The molecule has 0 amide bonds. The van der Waals surface area contributed by atoms with Crippen LogP contribution >= 0.6 is 11.3 Å². The molecule has 21 heavy (non-hydrogen) atoms. The van der Waals surface area contributed by atoms with Crippen LogP contribution in [0.1, 0.15) is 31.6 Å². The third-order valence-corrected chi connectivity index (χ3v) is 6.42. The molecule has 1 aromatic heterocycles. The van der Waals surface area contributed by atoms with Crippen LogP contribution in [-0.4, -0.2) is 45.5 Å². The number of likely N-dealkylation sites (tertiary alicyclic amines) is 1. The highest BCUT2D eigenvalue weighted by Gasteiger charge is 2.23. The largest absolute Gasteiger partial charge is 0.312 e. The van der Waals surface area contributed by atoms with Crippen molar-refractivity contribution in [1.82, 2.24) is 14.9 Å². The first-order valence-corrected chi connectivity index (χ1v) is 9.91. The fraction of sp³-hybridized carbons (Fsp3) is 0.714. The maximum atomic E-state index is 12.4. The van der Waals surface area contributed by atoms with Crippen LogP contribution < -0.4 is 10.0 Å². The van der Waals surface area contributed by atoms with E-state index in [9.17, 15) is 8.42 Å². The maximum absolute atomic E-state index is 12.4. The summed E-state index contributed by atoms with van der Waals surface area (Å²) in [6.07, 6.45) is 2.43. The van der Waals surface area contributed by atoms with Gasteiger partial charge in [0.05, 0.1) is 4.90 Å². The van der Waals surface area contributed by atoms with Gasteiger partial charge in [0, 0.05) is 24.0 Å². The van der Waals surface area contributed by atoms with Gasteiger partial charge in [-0.25, -0.2) is 13.1 Å². The van der Waals surface area contributed by atoms with E-state index in [1.54, 1.807) is 6.07 Å². The molecule has 1 atom stereocenters. The summed E-state index contributed by atoms with van der Waals surface area (Å²) in [7, 11) is -3.41. The van der Waals surface area contributed by atoms with E-state index >= 15 is 0 Å². The zero-order chi connectivity index (χ0) is 15.3. The SMILES string of the molecule is CCNCc1sccc1S(=O)(=O)NCC(C)N1CCCC1. The van der Waals surface area contributed by atoms with Crippen LogP contribution in [0.2, 0.25) is 0 Å². The van der Waals surface area contributed by atoms with Crippen LogP contribution in [0.15, 0.2) is 16.3 Å². The molecular formula is C14H25N3O2S2. The standard InChI is InChI=1S/C14H25N3O2S2/c1-3-15-11-13-14(6-9-20-13)21(18,19)16-10-12(2)17-7-4-5-8-17/h6,9,12,15-16H,3-5,7-8,10-11H2,1-2H3. The van der Waals surface area contributed by atoms with Gasteiger partial charge in [0.15, 0.2) is 0 Å². The summed E-state index contributed by atoms with van der Waals surface area (Å²) in [5.74, 6) is 0. The Morgan fingerprint density at radius 1 is 1.38 bits per heavy atom. The summed E-state index contributed by atoms with van der Waals surface area (Å²) in [5, 5.41) is 5.02. The Hall–Kier alpha value is -0.470. The molecule has 0 aromatic carbocycles. The molecule has 1 aromatic rings. The second-order valence-corrected chi connectivity index (χ2v) is 8.17. The van der Waals surface area contributed by atoms with E-state index in [1.165, 1.54) is 24.2 Å². The van der Waals surface area contributed by atoms with Gasteiger partial charge in [0.1, 0.15) is 0 Å². The van der Waals surface area contributed by atoms with Gasteiger partial charge < -0.3 is 5.32 Å². The minimum atomic E-state index is -3.41. The number of hydrogen-bond acceptors (Lipinski definition) is 5. The van der Waals surface area contributed by atoms with Crippen molar-refractivity contribution in [2.24, 2.45) is 0 Å². The van der Waals surface area contributed by atoms with E-state index in [4.69, 9.17) is 0 Å². The van der Waals surface area contributed by atoms with E-state index in [0.29, 0.717) is 18.0 Å². The molecule has 0 bridgehead atoms. The van der Waals surface area contributed by atoms with Crippen LogP contribution in [0.5, 0.6) is 0 Å². The van der Waals surface area contributed by atoms with Gasteiger partial charge in [0.2, 0.25) is 10.0 Å². The molecule has 1 aliphatic rings. The minimum Gasteiger partial charge on any atom is -0.312 e. The van der Waals surface area contributed by atoms with Crippen LogP contribution in [0.4, 0.5) is 0 Å². The van der Waals surface area contributed by atoms with E-state index in [2.05, 4.69) is 21.9 Å². The number of rotatable bonds is 8. The first-order chi connectivity index (χ1) is 10.0. The van der Waals surface area contributed by atoms with Gasteiger partial charge in [0.25, 0.3) is 0 Å². The highest BCUT2D eigenvalue weighted by atomic mass is 32.2. The average Bonchev–Trinajstić information content (AvgIpc) is 3.13. The maximum Gasteiger partial charge on any atom is 0.241 e. The van der Waals surface area contributed by atoms with E-state index in [1.807, 2.05) is 12.3 Å². The van der Waals surface area contributed by atoms with Gasteiger partial charge in [-0.15, -0.1) is 11.3 Å². The van der Waals surface area contributed by atoms with Crippen LogP contribution in [0, 0.1) is 0 Å². The smallest absolute Gasteiger partial charge is 0.241 e. The first kappa shape index (κ1) is 16.9. The predicted octanol–water partition coefficient (Wildman–Crippen LogP) is 1.62. The number of hydrogen-bond donors (Lipinski definition) is 2. The summed E-state index contributed by atoms with van der Waals surface area (Å²) < 4.78 is 27.7. The fourth-order valence-electron chi connectivity index (χ4n) is 2.56. The zero-order valence-electron chi connectivity index (χ0n) is 12.8. The van der Waals surface area contributed by atoms with Crippen LogP contribution in [0.25, 0.3) is 0 Å². The third-order valence-electron chi connectivity index (χ3n) is 3.86. The summed E-state index contributed by atoms with van der Waals surface area (Å²) >= 11 is 1.48.